The Kier molecular flexibility index (Phi) is 8.27. The molecule has 0 saturated carbocycles. The summed E-state index contributed by atoms with van der Waals surface area (Å²) in [6.45, 7) is 3.10. The van der Waals surface area contributed by atoms with Crippen LogP contribution in [0.4, 0.5) is 18.9 Å². The van der Waals surface area contributed by atoms with E-state index in [4.69, 9.17) is 14.2 Å². The van der Waals surface area contributed by atoms with Crippen molar-refractivity contribution in [3.05, 3.63) is 83.9 Å². The molecule has 1 N–H and O–H groups in total. The number of nitrogens with one attached hydrogen (secondary N) is 1. The quantitative estimate of drug-likeness (QED) is 0.270. The van der Waals surface area contributed by atoms with Gasteiger partial charge in [0, 0.05) is 23.4 Å². The highest BCUT2D eigenvalue weighted by Gasteiger charge is 2.30. The van der Waals surface area contributed by atoms with Crippen molar-refractivity contribution in [2.45, 2.75) is 13.1 Å². The zero-order valence-electron chi connectivity index (χ0n) is 20.7. The van der Waals surface area contributed by atoms with Gasteiger partial charge in [-0.25, -0.2) is 4.68 Å². The van der Waals surface area contributed by atoms with Crippen molar-refractivity contribution >= 4 is 11.6 Å². The molecule has 0 fully saturated rings. The van der Waals surface area contributed by atoms with Crippen molar-refractivity contribution < 1.29 is 32.2 Å². The molecule has 1 heterocycles. The van der Waals surface area contributed by atoms with Crippen LogP contribution in [-0.4, -0.2) is 47.6 Å². The SMILES string of the molecule is CCOCCOc1nc(-c2ccc(OC)cc2)n(-c2cccc(NC(=O)c3ccc(C(F)(F)F)cc3)c2)n1. The number of anilines is 1. The first-order valence-electron chi connectivity index (χ1n) is 11.7. The number of methoxy groups -OCH3 is 1. The minimum Gasteiger partial charge on any atom is -0.497 e. The topological polar surface area (TPSA) is 87.5 Å². The second-order valence-corrected chi connectivity index (χ2v) is 7.98. The number of hydrogen-bond donors (Lipinski definition) is 1. The molecule has 3 aromatic carbocycles. The molecule has 198 valence electrons. The number of benzene rings is 3. The average molecular weight is 527 g/mol. The number of aromatic nitrogens is 3. The summed E-state index contributed by atoms with van der Waals surface area (Å²) >= 11 is 0. The van der Waals surface area contributed by atoms with Gasteiger partial charge < -0.3 is 19.5 Å². The van der Waals surface area contributed by atoms with Crippen LogP contribution in [0.5, 0.6) is 11.8 Å². The van der Waals surface area contributed by atoms with E-state index in [9.17, 15) is 18.0 Å². The van der Waals surface area contributed by atoms with Crippen LogP contribution >= 0.6 is 0 Å². The normalized spacial score (nSPS) is 11.3. The fraction of sp³-hybridized carbons (Fsp3) is 0.222. The van der Waals surface area contributed by atoms with Gasteiger partial charge in [0.15, 0.2) is 5.82 Å². The van der Waals surface area contributed by atoms with Gasteiger partial charge in [-0.15, -0.1) is 5.10 Å². The molecule has 8 nitrogen and oxygen atoms in total. The second-order valence-electron chi connectivity index (χ2n) is 7.98. The van der Waals surface area contributed by atoms with E-state index in [0.717, 1.165) is 29.8 Å². The Morgan fingerprint density at radius 2 is 1.74 bits per heavy atom. The lowest BCUT2D eigenvalue weighted by atomic mass is 10.1. The molecule has 0 aliphatic carbocycles. The van der Waals surface area contributed by atoms with E-state index >= 15 is 0 Å². The van der Waals surface area contributed by atoms with Crippen molar-refractivity contribution in [3.8, 4) is 28.8 Å². The van der Waals surface area contributed by atoms with E-state index in [-0.39, 0.29) is 18.2 Å². The lowest BCUT2D eigenvalue weighted by molar-refractivity contribution is -0.137. The van der Waals surface area contributed by atoms with Gasteiger partial charge in [-0.2, -0.15) is 18.2 Å². The molecule has 0 aliphatic rings. The van der Waals surface area contributed by atoms with Crippen molar-refractivity contribution in [2.24, 2.45) is 0 Å². The van der Waals surface area contributed by atoms with Gasteiger partial charge in [-0.3, -0.25) is 4.79 Å². The smallest absolute Gasteiger partial charge is 0.416 e. The van der Waals surface area contributed by atoms with Crippen LogP contribution < -0.4 is 14.8 Å². The first-order valence-corrected chi connectivity index (χ1v) is 11.7. The van der Waals surface area contributed by atoms with Gasteiger partial charge in [-0.1, -0.05) is 6.07 Å². The molecule has 0 aliphatic heterocycles. The van der Waals surface area contributed by atoms with Crippen LogP contribution in [0, 0.1) is 0 Å². The van der Waals surface area contributed by atoms with Gasteiger partial charge in [0.1, 0.15) is 12.4 Å². The molecule has 0 saturated heterocycles. The molecule has 0 unspecified atom stereocenters. The van der Waals surface area contributed by atoms with Gasteiger partial charge in [0.2, 0.25) is 0 Å². The lowest BCUT2D eigenvalue weighted by Crippen LogP contribution is -2.13. The number of halogens is 3. The van der Waals surface area contributed by atoms with E-state index in [1.54, 1.807) is 48.2 Å². The Morgan fingerprint density at radius 3 is 2.39 bits per heavy atom. The summed E-state index contributed by atoms with van der Waals surface area (Å²) in [5.41, 5.74) is 1.01. The lowest BCUT2D eigenvalue weighted by Gasteiger charge is -2.10. The standard InChI is InChI=1S/C27H25F3N4O4/c1-3-37-15-16-38-26-32-24(18-9-13-23(36-2)14-10-18)34(33-26)22-6-4-5-21(17-22)31-25(35)19-7-11-20(12-8-19)27(28,29)30/h4-14,17H,3,15-16H2,1-2H3,(H,31,35). The van der Waals surface area contributed by atoms with Gasteiger partial charge >= 0.3 is 12.2 Å². The van der Waals surface area contributed by atoms with Crippen LogP contribution in [0.15, 0.2) is 72.8 Å². The maximum Gasteiger partial charge on any atom is 0.416 e. The van der Waals surface area contributed by atoms with Gasteiger partial charge in [-0.05, 0) is 73.7 Å². The number of nitrogens with zero attached hydrogens (tertiary/aromatic N) is 3. The minimum absolute atomic E-state index is 0.0908. The Labute approximate surface area is 217 Å². The highest BCUT2D eigenvalue weighted by atomic mass is 19.4. The predicted molar refractivity (Wildman–Crippen MR) is 135 cm³/mol. The highest BCUT2D eigenvalue weighted by Crippen LogP contribution is 2.30. The maximum atomic E-state index is 12.8. The first-order chi connectivity index (χ1) is 18.3. The van der Waals surface area contributed by atoms with E-state index in [0.29, 0.717) is 36.2 Å². The van der Waals surface area contributed by atoms with E-state index < -0.39 is 17.6 Å². The second kappa shape index (κ2) is 11.8. The molecule has 4 rings (SSSR count). The average Bonchev–Trinajstić information content (AvgIpc) is 3.35. The molecule has 1 amide bonds. The van der Waals surface area contributed by atoms with E-state index in [1.807, 2.05) is 19.1 Å². The molecule has 0 spiro atoms. The largest absolute Gasteiger partial charge is 0.497 e. The van der Waals surface area contributed by atoms with E-state index in [1.165, 1.54) is 0 Å². The molecular weight excluding hydrogens is 501 g/mol. The number of amides is 1. The Morgan fingerprint density at radius 1 is 1.00 bits per heavy atom. The molecule has 11 heteroatoms. The third-order valence-corrected chi connectivity index (χ3v) is 5.42. The zero-order valence-corrected chi connectivity index (χ0v) is 20.7. The van der Waals surface area contributed by atoms with Crippen molar-refractivity contribution in [3.63, 3.8) is 0 Å². The molecule has 4 aromatic rings. The summed E-state index contributed by atoms with van der Waals surface area (Å²) < 4.78 is 56.3. The highest BCUT2D eigenvalue weighted by molar-refractivity contribution is 6.04. The molecule has 0 atom stereocenters. The van der Waals surface area contributed by atoms with Crippen LogP contribution in [0.3, 0.4) is 0 Å². The number of ether oxygens (including phenoxy) is 3. The number of carbonyl (C=O) groups is 1. The summed E-state index contributed by atoms with van der Waals surface area (Å²) in [5, 5.41) is 7.20. The van der Waals surface area contributed by atoms with Crippen molar-refractivity contribution in [1.82, 2.24) is 14.8 Å². The molecule has 1 aromatic heterocycles. The van der Waals surface area contributed by atoms with Crippen LogP contribution in [0.25, 0.3) is 17.1 Å². The Balaban J connectivity index is 1.60. The number of alkyl halides is 3. The fourth-order valence-corrected chi connectivity index (χ4v) is 3.53. The fourth-order valence-electron chi connectivity index (χ4n) is 3.53. The summed E-state index contributed by atoms with van der Waals surface area (Å²) in [5.74, 6) is 0.621. The van der Waals surface area contributed by atoms with Gasteiger partial charge in [0.05, 0.1) is 25.0 Å². The van der Waals surface area contributed by atoms with Crippen LogP contribution in [0.1, 0.15) is 22.8 Å². The van der Waals surface area contributed by atoms with Gasteiger partial charge in [0.25, 0.3) is 5.91 Å². The summed E-state index contributed by atoms with van der Waals surface area (Å²) in [6, 6.07) is 18.2. The number of hydrogen-bond acceptors (Lipinski definition) is 6. The third kappa shape index (κ3) is 6.48. The summed E-state index contributed by atoms with van der Waals surface area (Å²) in [4.78, 5) is 17.2. The van der Waals surface area contributed by atoms with Crippen molar-refractivity contribution in [2.75, 3.05) is 32.2 Å². The number of rotatable bonds is 10. The molecular formula is C27H25F3N4O4. The van der Waals surface area contributed by atoms with Crippen molar-refractivity contribution in [1.29, 1.82) is 0 Å². The van der Waals surface area contributed by atoms with Crippen LogP contribution in [0.2, 0.25) is 0 Å². The summed E-state index contributed by atoms with van der Waals surface area (Å²) in [6.07, 6.45) is -4.48. The Bertz CT molecular complexity index is 1370. The molecule has 38 heavy (non-hydrogen) atoms. The van der Waals surface area contributed by atoms with E-state index in [2.05, 4.69) is 15.4 Å². The zero-order chi connectivity index (χ0) is 27.1. The molecule has 0 radical (unpaired) electrons. The Hall–Kier alpha value is -4.38. The molecule has 0 bridgehead atoms. The third-order valence-electron chi connectivity index (χ3n) is 5.42. The van der Waals surface area contributed by atoms with Crippen LogP contribution in [-0.2, 0) is 10.9 Å². The number of carbonyl (C=O) groups excluding carboxylic acids is 1. The first kappa shape index (κ1) is 26.7. The predicted octanol–water partition coefficient (Wildman–Crippen LogP) is 5.63. The maximum absolute atomic E-state index is 12.8. The minimum atomic E-state index is -4.48. The summed E-state index contributed by atoms with van der Waals surface area (Å²) in [7, 11) is 1.58. The monoisotopic (exact) mass is 526 g/mol.